The zero-order chi connectivity index (χ0) is 15.6. The van der Waals surface area contributed by atoms with Crippen LogP contribution in [-0.2, 0) is 4.74 Å². The highest BCUT2D eigenvalue weighted by atomic mass is 79.9. The molecule has 0 aliphatic heterocycles. The molecule has 1 aromatic heterocycles. The van der Waals surface area contributed by atoms with Crippen LogP contribution in [0.5, 0.6) is 11.6 Å². The number of aromatic nitrogens is 1. The Bertz CT molecular complexity index is 707. The second-order valence-electron chi connectivity index (χ2n) is 4.08. The molecule has 2 aromatic rings. The molecule has 0 aliphatic rings. The normalized spacial score (nSPS) is 10.3. The minimum absolute atomic E-state index is 0.0385. The summed E-state index contributed by atoms with van der Waals surface area (Å²) in [6.07, 6.45) is 0. The van der Waals surface area contributed by atoms with Gasteiger partial charge >= 0.3 is 5.97 Å². The average Bonchev–Trinajstić information content (AvgIpc) is 2.43. The van der Waals surface area contributed by atoms with Crippen LogP contribution >= 0.6 is 15.9 Å². The number of rotatable bonds is 3. The predicted molar refractivity (Wildman–Crippen MR) is 74.4 cm³/mol. The molecule has 0 unspecified atom stereocenters. The molecule has 0 saturated heterocycles. The molecule has 0 bridgehead atoms. The third kappa shape index (κ3) is 3.36. The summed E-state index contributed by atoms with van der Waals surface area (Å²) in [7, 11) is 1.26. The summed E-state index contributed by atoms with van der Waals surface area (Å²) in [4.78, 5) is 15.4. The second-order valence-corrected chi connectivity index (χ2v) is 4.99. The average molecular weight is 358 g/mol. The molecule has 110 valence electrons. The lowest BCUT2D eigenvalue weighted by atomic mass is 10.2. The van der Waals surface area contributed by atoms with Gasteiger partial charge < -0.3 is 9.47 Å². The maximum absolute atomic E-state index is 13.6. The number of ether oxygens (including phenoxy) is 2. The number of hydrogen-bond acceptors (Lipinski definition) is 4. The van der Waals surface area contributed by atoms with Crippen LogP contribution in [0.4, 0.5) is 8.78 Å². The van der Waals surface area contributed by atoms with E-state index in [4.69, 9.17) is 4.74 Å². The van der Waals surface area contributed by atoms with Gasteiger partial charge in [-0.2, -0.15) is 4.39 Å². The van der Waals surface area contributed by atoms with Gasteiger partial charge in [0.25, 0.3) is 0 Å². The highest BCUT2D eigenvalue weighted by Gasteiger charge is 2.15. The Kier molecular flexibility index (Phi) is 4.52. The van der Waals surface area contributed by atoms with Gasteiger partial charge in [-0.05, 0) is 25.1 Å². The van der Waals surface area contributed by atoms with E-state index in [0.29, 0.717) is 10.2 Å². The molecule has 1 heterocycles. The molecule has 0 saturated carbocycles. The van der Waals surface area contributed by atoms with Gasteiger partial charge in [-0.1, -0.05) is 15.9 Å². The molecule has 0 atom stereocenters. The third-order valence-corrected chi connectivity index (χ3v) is 3.10. The van der Waals surface area contributed by atoms with E-state index in [1.54, 1.807) is 6.92 Å². The lowest BCUT2D eigenvalue weighted by molar-refractivity contribution is 0.0599. The smallest absolute Gasteiger partial charge is 0.339 e. The van der Waals surface area contributed by atoms with Crippen molar-refractivity contribution in [2.24, 2.45) is 0 Å². The van der Waals surface area contributed by atoms with E-state index in [9.17, 15) is 13.6 Å². The molecule has 0 aliphatic carbocycles. The number of hydrogen-bond donors (Lipinski definition) is 0. The van der Waals surface area contributed by atoms with Gasteiger partial charge in [0.15, 0.2) is 11.6 Å². The molecule has 0 amide bonds. The Morgan fingerprint density at radius 2 is 2.00 bits per heavy atom. The first kappa shape index (κ1) is 15.4. The Hall–Kier alpha value is -2.02. The van der Waals surface area contributed by atoms with Crippen molar-refractivity contribution in [3.05, 3.63) is 51.6 Å². The maximum atomic E-state index is 13.6. The fourth-order valence-electron chi connectivity index (χ4n) is 1.64. The summed E-state index contributed by atoms with van der Waals surface area (Å²) < 4.78 is 37.0. The van der Waals surface area contributed by atoms with Gasteiger partial charge in [0.2, 0.25) is 11.7 Å². The maximum Gasteiger partial charge on any atom is 0.339 e. The Morgan fingerprint density at radius 3 is 2.62 bits per heavy atom. The largest absolute Gasteiger partial charge is 0.465 e. The highest BCUT2D eigenvalue weighted by Crippen LogP contribution is 2.29. The molecule has 0 N–H and O–H groups in total. The van der Waals surface area contributed by atoms with Gasteiger partial charge in [0.1, 0.15) is 0 Å². The van der Waals surface area contributed by atoms with E-state index in [0.717, 1.165) is 6.07 Å². The lowest BCUT2D eigenvalue weighted by Crippen LogP contribution is -2.05. The Morgan fingerprint density at radius 1 is 1.29 bits per heavy atom. The molecule has 7 heteroatoms. The molecule has 0 radical (unpaired) electrons. The summed E-state index contributed by atoms with van der Waals surface area (Å²) in [6.45, 7) is 1.58. The Balaban J connectivity index is 2.33. The van der Waals surface area contributed by atoms with Crippen molar-refractivity contribution in [2.75, 3.05) is 7.11 Å². The summed E-state index contributed by atoms with van der Waals surface area (Å²) in [5.74, 6) is -2.96. The standard InChI is InChI=1S/C14H10BrF2NO3/c1-7-9(14(19)20-2)3-4-12(18-7)21-11-6-8(15)5-10(16)13(11)17/h3-6H,1-2H3. The van der Waals surface area contributed by atoms with Gasteiger partial charge in [0, 0.05) is 10.5 Å². The fraction of sp³-hybridized carbons (Fsp3) is 0.143. The lowest BCUT2D eigenvalue weighted by Gasteiger charge is -2.09. The SMILES string of the molecule is COC(=O)c1ccc(Oc2cc(Br)cc(F)c2F)nc1C. The minimum atomic E-state index is -1.12. The van der Waals surface area contributed by atoms with E-state index in [1.165, 1.54) is 25.3 Å². The molecule has 1 aromatic carbocycles. The number of nitrogens with zero attached hydrogens (tertiary/aromatic N) is 1. The molecular weight excluding hydrogens is 348 g/mol. The van der Waals surface area contributed by atoms with E-state index < -0.39 is 17.6 Å². The van der Waals surface area contributed by atoms with Gasteiger partial charge in [-0.25, -0.2) is 14.2 Å². The number of halogens is 3. The first-order valence-electron chi connectivity index (χ1n) is 5.80. The minimum Gasteiger partial charge on any atom is -0.465 e. The van der Waals surface area contributed by atoms with Crippen LogP contribution in [0.3, 0.4) is 0 Å². The van der Waals surface area contributed by atoms with Crippen molar-refractivity contribution in [3.63, 3.8) is 0 Å². The molecule has 2 rings (SSSR count). The van der Waals surface area contributed by atoms with E-state index >= 15 is 0 Å². The van der Waals surface area contributed by atoms with Crippen LogP contribution in [0.25, 0.3) is 0 Å². The third-order valence-electron chi connectivity index (χ3n) is 2.64. The van der Waals surface area contributed by atoms with E-state index in [-0.39, 0.29) is 17.2 Å². The van der Waals surface area contributed by atoms with Crippen molar-refractivity contribution < 1.29 is 23.0 Å². The number of esters is 1. The highest BCUT2D eigenvalue weighted by molar-refractivity contribution is 9.10. The van der Waals surface area contributed by atoms with Crippen molar-refractivity contribution in [1.82, 2.24) is 4.98 Å². The van der Waals surface area contributed by atoms with Crippen LogP contribution < -0.4 is 4.74 Å². The van der Waals surface area contributed by atoms with Crippen LogP contribution in [0.1, 0.15) is 16.1 Å². The van der Waals surface area contributed by atoms with Crippen molar-refractivity contribution >= 4 is 21.9 Å². The molecule has 4 nitrogen and oxygen atoms in total. The van der Waals surface area contributed by atoms with Crippen molar-refractivity contribution in [1.29, 1.82) is 0 Å². The zero-order valence-electron chi connectivity index (χ0n) is 11.1. The number of carbonyl (C=O) groups excluding carboxylic acids is 1. The fourth-order valence-corrected chi connectivity index (χ4v) is 2.05. The number of carbonyl (C=O) groups is 1. The molecule has 0 fully saturated rings. The molecule has 0 spiro atoms. The van der Waals surface area contributed by atoms with E-state index in [2.05, 4.69) is 25.7 Å². The Labute approximate surface area is 127 Å². The topological polar surface area (TPSA) is 48.4 Å². The summed E-state index contributed by atoms with van der Waals surface area (Å²) >= 11 is 3.05. The van der Waals surface area contributed by atoms with Crippen molar-refractivity contribution in [3.8, 4) is 11.6 Å². The van der Waals surface area contributed by atoms with Crippen LogP contribution in [0.15, 0.2) is 28.7 Å². The molecule has 21 heavy (non-hydrogen) atoms. The number of pyridine rings is 1. The monoisotopic (exact) mass is 357 g/mol. The number of benzene rings is 1. The number of aryl methyl sites for hydroxylation is 1. The van der Waals surface area contributed by atoms with Gasteiger partial charge in [-0.15, -0.1) is 0 Å². The van der Waals surface area contributed by atoms with Gasteiger partial charge in [0.05, 0.1) is 18.4 Å². The zero-order valence-corrected chi connectivity index (χ0v) is 12.7. The quantitative estimate of drug-likeness (QED) is 0.615. The first-order chi connectivity index (χ1) is 9.92. The van der Waals surface area contributed by atoms with Crippen LogP contribution in [0, 0.1) is 18.6 Å². The first-order valence-corrected chi connectivity index (χ1v) is 6.60. The van der Waals surface area contributed by atoms with Crippen molar-refractivity contribution in [2.45, 2.75) is 6.92 Å². The number of methoxy groups -OCH3 is 1. The second kappa shape index (κ2) is 6.17. The van der Waals surface area contributed by atoms with Gasteiger partial charge in [-0.3, -0.25) is 0 Å². The predicted octanol–water partition coefficient (Wildman–Crippen LogP) is 4.01. The summed E-state index contributed by atoms with van der Waals surface area (Å²) in [5, 5.41) is 0. The van der Waals surface area contributed by atoms with E-state index in [1.807, 2.05) is 0 Å². The van der Waals surface area contributed by atoms with Crippen LogP contribution in [-0.4, -0.2) is 18.1 Å². The molecular formula is C14H10BrF2NO3. The van der Waals surface area contributed by atoms with Crippen LogP contribution in [0.2, 0.25) is 0 Å². The summed E-state index contributed by atoms with van der Waals surface area (Å²) in [6, 6.07) is 5.08. The summed E-state index contributed by atoms with van der Waals surface area (Å²) in [5.41, 5.74) is 0.626.